The predicted molar refractivity (Wildman–Crippen MR) is 85.7 cm³/mol. The second-order valence-electron chi connectivity index (χ2n) is 4.84. The summed E-state index contributed by atoms with van der Waals surface area (Å²) in [6.07, 6.45) is -4.44. The molecular weight excluding hydrogens is 323 g/mol. The standard InChI is InChI=1S/C16H10F3N3S/c17-16(18,19)9-5-6-13(12(21)7-9)22-15-11(8-20)10-3-1-2-4-14(10)23-15/h1-7,22H,21H2. The number of halogens is 3. The van der Waals surface area contributed by atoms with Crippen molar-refractivity contribution in [3.63, 3.8) is 0 Å². The van der Waals surface area contributed by atoms with Crippen LogP contribution in [0.4, 0.5) is 29.5 Å². The molecule has 1 aromatic heterocycles. The van der Waals surface area contributed by atoms with Crippen molar-refractivity contribution in [1.82, 2.24) is 0 Å². The van der Waals surface area contributed by atoms with Crippen LogP contribution in [-0.4, -0.2) is 0 Å². The van der Waals surface area contributed by atoms with Gasteiger partial charge in [-0.25, -0.2) is 0 Å². The number of thiophene rings is 1. The molecule has 0 saturated heterocycles. The minimum absolute atomic E-state index is 0.0267. The molecule has 7 heteroatoms. The number of alkyl halides is 3. The SMILES string of the molecule is N#Cc1c(Nc2ccc(C(F)(F)F)cc2N)sc2ccccc12. The van der Waals surface area contributed by atoms with Crippen LogP contribution in [0.25, 0.3) is 10.1 Å². The number of hydrogen-bond acceptors (Lipinski definition) is 4. The molecule has 3 rings (SSSR count). The van der Waals surface area contributed by atoms with Crippen LogP contribution in [-0.2, 0) is 6.18 Å². The van der Waals surface area contributed by atoms with E-state index in [-0.39, 0.29) is 5.69 Å². The van der Waals surface area contributed by atoms with Gasteiger partial charge in [0.2, 0.25) is 0 Å². The molecule has 0 aliphatic carbocycles. The van der Waals surface area contributed by atoms with Crippen LogP contribution in [0.15, 0.2) is 42.5 Å². The molecule has 116 valence electrons. The molecule has 3 nitrogen and oxygen atoms in total. The molecule has 0 fully saturated rings. The van der Waals surface area contributed by atoms with Crippen LogP contribution in [0, 0.1) is 11.3 Å². The fraction of sp³-hybridized carbons (Fsp3) is 0.0625. The third-order valence-corrected chi connectivity index (χ3v) is 4.42. The molecule has 0 radical (unpaired) electrons. The van der Waals surface area contributed by atoms with E-state index in [9.17, 15) is 18.4 Å². The Hall–Kier alpha value is -2.72. The van der Waals surface area contributed by atoms with E-state index in [0.29, 0.717) is 16.3 Å². The Morgan fingerprint density at radius 2 is 1.87 bits per heavy atom. The van der Waals surface area contributed by atoms with E-state index in [1.165, 1.54) is 17.4 Å². The van der Waals surface area contributed by atoms with Crippen molar-refractivity contribution >= 4 is 37.8 Å². The molecule has 0 atom stereocenters. The smallest absolute Gasteiger partial charge is 0.397 e. The lowest BCUT2D eigenvalue weighted by Gasteiger charge is -2.11. The number of nitrogens with two attached hydrogens (primary N) is 1. The van der Waals surface area contributed by atoms with Crippen molar-refractivity contribution < 1.29 is 13.2 Å². The van der Waals surface area contributed by atoms with Gasteiger partial charge in [0, 0.05) is 10.1 Å². The number of rotatable bonds is 2. The molecule has 1 heterocycles. The number of nitriles is 1. The van der Waals surface area contributed by atoms with Gasteiger partial charge in [-0.05, 0) is 24.3 Å². The molecule has 0 unspecified atom stereocenters. The highest BCUT2D eigenvalue weighted by atomic mass is 32.1. The zero-order chi connectivity index (χ0) is 16.6. The molecule has 0 amide bonds. The largest absolute Gasteiger partial charge is 0.416 e. The van der Waals surface area contributed by atoms with E-state index in [2.05, 4.69) is 11.4 Å². The number of nitrogens with zero attached hydrogens (tertiary/aromatic N) is 1. The Morgan fingerprint density at radius 1 is 1.13 bits per heavy atom. The Balaban J connectivity index is 2.02. The normalized spacial score (nSPS) is 11.4. The Morgan fingerprint density at radius 3 is 2.52 bits per heavy atom. The number of anilines is 3. The summed E-state index contributed by atoms with van der Waals surface area (Å²) < 4.78 is 38.9. The second-order valence-corrected chi connectivity index (χ2v) is 5.89. The van der Waals surface area contributed by atoms with Crippen molar-refractivity contribution in [3.8, 4) is 6.07 Å². The van der Waals surface area contributed by atoms with Gasteiger partial charge in [0.1, 0.15) is 11.1 Å². The van der Waals surface area contributed by atoms with Gasteiger partial charge >= 0.3 is 6.18 Å². The van der Waals surface area contributed by atoms with Gasteiger partial charge in [-0.3, -0.25) is 0 Å². The second kappa shape index (κ2) is 5.48. The molecule has 3 aromatic rings. The monoisotopic (exact) mass is 333 g/mol. The summed E-state index contributed by atoms with van der Waals surface area (Å²) in [5, 5.41) is 13.7. The van der Waals surface area contributed by atoms with Crippen molar-refractivity contribution in [2.24, 2.45) is 0 Å². The van der Waals surface area contributed by atoms with E-state index in [0.717, 1.165) is 22.2 Å². The van der Waals surface area contributed by atoms with Crippen LogP contribution in [0.1, 0.15) is 11.1 Å². The van der Waals surface area contributed by atoms with Crippen LogP contribution in [0.2, 0.25) is 0 Å². The molecule has 3 N–H and O–H groups in total. The van der Waals surface area contributed by atoms with Crippen LogP contribution in [0.3, 0.4) is 0 Å². The fourth-order valence-corrected chi connectivity index (χ4v) is 3.28. The summed E-state index contributed by atoms with van der Waals surface area (Å²) in [6.45, 7) is 0. The van der Waals surface area contributed by atoms with Gasteiger partial charge in [0.15, 0.2) is 0 Å². The first-order chi connectivity index (χ1) is 10.9. The average Bonchev–Trinajstić information content (AvgIpc) is 2.85. The summed E-state index contributed by atoms with van der Waals surface area (Å²) in [5.74, 6) is 0. The van der Waals surface area contributed by atoms with E-state index in [4.69, 9.17) is 5.73 Å². The summed E-state index contributed by atoms with van der Waals surface area (Å²) >= 11 is 1.35. The molecule has 23 heavy (non-hydrogen) atoms. The lowest BCUT2D eigenvalue weighted by molar-refractivity contribution is -0.137. The maximum absolute atomic E-state index is 12.7. The summed E-state index contributed by atoms with van der Waals surface area (Å²) in [7, 11) is 0. The van der Waals surface area contributed by atoms with Gasteiger partial charge < -0.3 is 11.1 Å². The van der Waals surface area contributed by atoms with E-state index >= 15 is 0 Å². The van der Waals surface area contributed by atoms with E-state index < -0.39 is 11.7 Å². The van der Waals surface area contributed by atoms with Crippen molar-refractivity contribution in [3.05, 3.63) is 53.6 Å². The molecule has 0 aliphatic rings. The summed E-state index contributed by atoms with van der Waals surface area (Å²) in [5.41, 5.74) is 5.66. The third-order valence-electron chi connectivity index (χ3n) is 3.33. The minimum atomic E-state index is -4.44. The first kappa shape index (κ1) is 15.2. The Labute approximate surface area is 133 Å². The highest BCUT2D eigenvalue weighted by molar-refractivity contribution is 7.23. The maximum atomic E-state index is 12.7. The molecule has 0 aliphatic heterocycles. The molecule has 2 aromatic carbocycles. The predicted octanol–water partition coefficient (Wildman–Crippen LogP) is 5.12. The minimum Gasteiger partial charge on any atom is -0.397 e. The fourth-order valence-electron chi connectivity index (χ4n) is 2.22. The highest BCUT2D eigenvalue weighted by Gasteiger charge is 2.30. The highest BCUT2D eigenvalue weighted by Crippen LogP contribution is 2.39. The molecule has 0 bridgehead atoms. The van der Waals surface area contributed by atoms with E-state index in [1.807, 2.05) is 24.3 Å². The van der Waals surface area contributed by atoms with Gasteiger partial charge in [-0.2, -0.15) is 18.4 Å². The average molecular weight is 333 g/mol. The van der Waals surface area contributed by atoms with Crippen LogP contribution < -0.4 is 11.1 Å². The topological polar surface area (TPSA) is 61.8 Å². The number of nitrogen functional groups attached to an aromatic ring is 1. The van der Waals surface area contributed by atoms with Gasteiger partial charge in [-0.1, -0.05) is 18.2 Å². The number of nitrogens with one attached hydrogen (secondary N) is 1. The zero-order valence-corrected chi connectivity index (χ0v) is 12.4. The van der Waals surface area contributed by atoms with Crippen molar-refractivity contribution in [2.45, 2.75) is 6.18 Å². The Kier molecular flexibility index (Phi) is 3.62. The van der Waals surface area contributed by atoms with Crippen LogP contribution in [0.5, 0.6) is 0 Å². The van der Waals surface area contributed by atoms with Gasteiger partial charge in [0.25, 0.3) is 0 Å². The zero-order valence-electron chi connectivity index (χ0n) is 11.6. The first-order valence-corrected chi connectivity index (χ1v) is 7.37. The third kappa shape index (κ3) is 2.81. The lowest BCUT2D eigenvalue weighted by Crippen LogP contribution is -2.06. The van der Waals surface area contributed by atoms with Crippen LogP contribution >= 0.6 is 11.3 Å². The molecule has 0 saturated carbocycles. The Bertz CT molecular complexity index is 922. The maximum Gasteiger partial charge on any atom is 0.416 e. The van der Waals surface area contributed by atoms with Crippen molar-refractivity contribution in [2.75, 3.05) is 11.1 Å². The lowest BCUT2D eigenvalue weighted by atomic mass is 10.1. The first-order valence-electron chi connectivity index (χ1n) is 6.55. The summed E-state index contributed by atoms with van der Waals surface area (Å²) in [4.78, 5) is 0. The van der Waals surface area contributed by atoms with Gasteiger partial charge in [0.05, 0.1) is 22.5 Å². The number of fused-ring (bicyclic) bond motifs is 1. The molecule has 0 spiro atoms. The van der Waals surface area contributed by atoms with Gasteiger partial charge in [-0.15, -0.1) is 11.3 Å². The number of hydrogen-bond donors (Lipinski definition) is 2. The van der Waals surface area contributed by atoms with Crippen molar-refractivity contribution in [1.29, 1.82) is 5.26 Å². The van der Waals surface area contributed by atoms with E-state index in [1.54, 1.807) is 0 Å². The quantitative estimate of drug-likeness (QED) is 0.640. The number of benzene rings is 2. The summed E-state index contributed by atoms with van der Waals surface area (Å²) in [6, 6.07) is 12.6. The molecular formula is C16H10F3N3S.